The fourth-order valence-electron chi connectivity index (χ4n) is 1.61. The van der Waals surface area contributed by atoms with Gasteiger partial charge in [0, 0.05) is 6.42 Å². The minimum absolute atomic E-state index is 0.0549. The molecule has 1 heterocycles. The SMILES string of the molecule is C=C(C)c1ccc(OC2CCCO2)cc1. The Bertz CT molecular complexity index is 334. The van der Waals surface area contributed by atoms with Gasteiger partial charge in [0.05, 0.1) is 6.61 Å². The van der Waals surface area contributed by atoms with E-state index in [-0.39, 0.29) is 6.29 Å². The zero-order valence-corrected chi connectivity index (χ0v) is 9.03. The summed E-state index contributed by atoms with van der Waals surface area (Å²) >= 11 is 0. The van der Waals surface area contributed by atoms with Crippen molar-refractivity contribution in [3.05, 3.63) is 36.4 Å². The summed E-state index contributed by atoms with van der Waals surface area (Å²) in [7, 11) is 0. The lowest BCUT2D eigenvalue weighted by atomic mass is 10.1. The first-order valence-electron chi connectivity index (χ1n) is 5.30. The first-order valence-corrected chi connectivity index (χ1v) is 5.30. The Hall–Kier alpha value is -1.28. The fourth-order valence-corrected chi connectivity index (χ4v) is 1.61. The highest BCUT2D eigenvalue weighted by molar-refractivity contribution is 5.61. The van der Waals surface area contributed by atoms with Crippen LogP contribution in [-0.4, -0.2) is 12.9 Å². The molecule has 1 aromatic rings. The van der Waals surface area contributed by atoms with Crippen LogP contribution in [0, 0.1) is 0 Å². The van der Waals surface area contributed by atoms with E-state index in [2.05, 4.69) is 6.58 Å². The number of allylic oxidation sites excluding steroid dienone is 1. The van der Waals surface area contributed by atoms with Crippen LogP contribution in [0.4, 0.5) is 0 Å². The summed E-state index contributed by atoms with van der Waals surface area (Å²) in [4.78, 5) is 0. The molecule has 1 fully saturated rings. The van der Waals surface area contributed by atoms with Crippen LogP contribution in [0.5, 0.6) is 5.75 Å². The predicted octanol–water partition coefficient (Wildman–Crippen LogP) is 3.24. The molecule has 0 radical (unpaired) electrons. The second-order valence-electron chi connectivity index (χ2n) is 3.87. The molecule has 15 heavy (non-hydrogen) atoms. The summed E-state index contributed by atoms with van der Waals surface area (Å²) in [5.41, 5.74) is 2.22. The maximum atomic E-state index is 5.66. The van der Waals surface area contributed by atoms with E-state index in [1.54, 1.807) is 0 Å². The van der Waals surface area contributed by atoms with Crippen LogP contribution in [0.3, 0.4) is 0 Å². The Morgan fingerprint density at radius 2 is 2.13 bits per heavy atom. The van der Waals surface area contributed by atoms with Crippen LogP contribution in [0.15, 0.2) is 30.8 Å². The van der Waals surface area contributed by atoms with Gasteiger partial charge in [-0.25, -0.2) is 0 Å². The molecule has 2 rings (SSSR count). The van der Waals surface area contributed by atoms with Crippen LogP contribution in [0.2, 0.25) is 0 Å². The highest BCUT2D eigenvalue weighted by Crippen LogP contribution is 2.21. The third-order valence-corrected chi connectivity index (χ3v) is 2.50. The van der Waals surface area contributed by atoms with Gasteiger partial charge in [0.2, 0.25) is 0 Å². The molecule has 1 aromatic carbocycles. The Labute approximate surface area is 90.5 Å². The van der Waals surface area contributed by atoms with Gasteiger partial charge in [-0.1, -0.05) is 24.3 Å². The summed E-state index contributed by atoms with van der Waals surface area (Å²) in [5.74, 6) is 0.868. The molecule has 80 valence electrons. The van der Waals surface area contributed by atoms with Crippen molar-refractivity contribution in [3.63, 3.8) is 0 Å². The molecule has 1 aliphatic rings. The molecular formula is C13H16O2. The second-order valence-corrected chi connectivity index (χ2v) is 3.87. The monoisotopic (exact) mass is 204 g/mol. The van der Waals surface area contributed by atoms with Crippen molar-refractivity contribution < 1.29 is 9.47 Å². The average molecular weight is 204 g/mol. The molecule has 1 atom stereocenters. The van der Waals surface area contributed by atoms with E-state index in [9.17, 15) is 0 Å². The molecule has 2 nitrogen and oxygen atoms in total. The van der Waals surface area contributed by atoms with E-state index in [0.717, 1.165) is 36.3 Å². The van der Waals surface area contributed by atoms with Crippen LogP contribution in [0.25, 0.3) is 5.57 Å². The molecule has 0 aromatic heterocycles. The van der Waals surface area contributed by atoms with Gasteiger partial charge in [-0.15, -0.1) is 0 Å². The third-order valence-electron chi connectivity index (χ3n) is 2.50. The lowest BCUT2D eigenvalue weighted by Crippen LogP contribution is -2.13. The topological polar surface area (TPSA) is 18.5 Å². The molecular weight excluding hydrogens is 188 g/mol. The van der Waals surface area contributed by atoms with E-state index < -0.39 is 0 Å². The summed E-state index contributed by atoms with van der Waals surface area (Å²) < 4.78 is 11.1. The summed E-state index contributed by atoms with van der Waals surface area (Å²) in [6.07, 6.45) is 2.03. The number of ether oxygens (including phenoxy) is 2. The first kappa shape index (κ1) is 10.2. The Balaban J connectivity index is 2.00. The Morgan fingerprint density at radius 1 is 1.40 bits per heavy atom. The van der Waals surface area contributed by atoms with Crippen molar-refractivity contribution >= 4 is 5.57 Å². The van der Waals surface area contributed by atoms with Gasteiger partial charge in [-0.05, 0) is 31.0 Å². The molecule has 0 N–H and O–H groups in total. The van der Waals surface area contributed by atoms with Crippen molar-refractivity contribution in [2.24, 2.45) is 0 Å². The first-order chi connectivity index (χ1) is 7.25. The zero-order valence-electron chi connectivity index (χ0n) is 9.03. The number of benzene rings is 1. The molecule has 0 saturated carbocycles. The van der Waals surface area contributed by atoms with E-state index in [0.29, 0.717) is 0 Å². The van der Waals surface area contributed by atoms with Gasteiger partial charge < -0.3 is 9.47 Å². The van der Waals surface area contributed by atoms with Crippen molar-refractivity contribution in [1.29, 1.82) is 0 Å². The highest BCUT2D eigenvalue weighted by Gasteiger charge is 2.16. The van der Waals surface area contributed by atoms with Gasteiger partial charge in [-0.2, -0.15) is 0 Å². The molecule has 1 aliphatic heterocycles. The van der Waals surface area contributed by atoms with E-state index in [1.165, 1.54) is 0 Å². The molecule has 0 amide bonds. The maximum absolute atomic E-state index is 5.66. The van der Waals surface area contributed by atoms with E-state index in [1.807, 2.05) is 31.2 Å². The minimum Gasteiger partial charge on any atom is -0.465 e. The standard InChI is InChI=1S/C13H16O2/c1-10(2)11-5-7-12(8-6-11)15-13-4-3-9-14-13/h5-8,13H,1,3-4,9H2,2H3. The van der Waals surface area contributed by atoms with Crippen LogP contribution in [-0.2, 0) is 4.74 Å². The molecule has 0 bridgehead atoms. The third kappa shape index (κ3) is 2.60. The van der Waals surface area contributed by atoms with E-state index in [4.69, 9.17) is 9.47 Å². The van der Waals surface area contributed by atoms with Crippen molar-refractivity contribution in [2.75, 3.05) is 6.61 Å². The maximum Gasteiger partial charge on any atom is 0.199 e. The number of hydrogen-bond donors (Lipinski definition) is 0. The number of rotatable bonds is 3. The number of hydrogen-bond acceptors (Lipinski definition) is 2. The fraction of sp³-hybridized carbons (Fsp3) is 0.385. The smallest absolute Gasteiger partial charge is 0.199 e. The largest absolute Gasteiger partial charge is 0.465 e. The van der Waals surface area contributed by atoms with Gasteiger partial charge in [0.25, 0.3) is 0 Å². The van der Waals surface area contributed by atoms with Gasteiger partial charge in [-0.3, -0.25) is 0 Å². The zero-order chi connectivity index (χ0) is 10.7. The lowest BCUT2D eigenvalue weighted by Gasteiger charge is -2.12. The minimum atomic E-state index is -0.0549. The van der Waals surface area contributed by atoms with Crippen molar-refractivity contribution in [2.45, 2.75) is 26.1 Å². The Morgan fingerprint density at radius 3 is 2.67 bits per heavy atom. The second kappa shape index (κ2) is 4.49. The normalized spacial score (nSPS) is 20.2. The quantitative estimate of drug-likeness (QED) is 0.752. The Kier molecular flexibility index (Phi) is 3.07. The molecule has 0 aliphatic carbocycles. The van der Waals surface area contributed by atoms with Gasteiger partial charge in [0.15, 0.2) is 6.29 Å². The molecule has 0 spiro atoms. The average Bonchev–Trinajstić information content (AvgIpc) is 2.71. The molecule has 1 unspecified atom stereocenters. The summed E-state index contributed by atoms with van der Waals surface area (Å²) in [5, 5.41) is 0. The van der Waals surface area contributed by atoms with Crippen LogP contribution >= 0.6 is 0 Å². The van der Waals surface area contributed by atoms with Crippen molar-refractivity contribution in [3.8, 4) is 5.75 Å². The summed E-state index contributed by atoms with van der Waals surface area (Å²) in [6.45, 7) is 6.70. The van der Waals surface area contributed by atoms with E-state index >= 15 is 0 Å². The molecule has 2 heteroatoms. The van der Waals surface area contributed by atoms with Gasteiger partial charge in [0.1, 0.15) is 5.75 Å². The molecule has 1 saturated heterocycles. The lowest BCUT2D eigenvalue weighted by molar-refractivity contribution is -0.0390. The van der Waals surface area contributed by atoms with Gasteiger partial charge >= 0.3 is 0 Å². The summed E-state index contributed by atoms with van der Waals surface area (Å²) in [6, 6.07) is 7.97. The highest BCUT2D eigenvalue weighted by atomic mass is 16.7. The predicted molar refractivity (Wildman–Crippen MR) is 60.8 cm³/mol. The van der Waals surface area contributed by atoms with Crippen molar-refractivity contribution in [1.82, 2.24) is 0 Å². The van der Waals surface area contributed by atoms with Crippen LogP contribution in [0.1, 0.15) is 25.3 Å². The van der Waals surface area contributed by atoms with Crippen LogP contribution < -0.4 is 4.74 Å².